The summed E-state index contributed by atoms with van der Waals surface area (Å²) in [7, 11) is 0. The third kappa shape index (κ3) is 1.63. The molecule has 3 aromatic rings. The van der Waals surface area contributed by atoms with Crippen LogP contribution in [-0.2, 0) is 0 Å². The molecule has 2 nitrogen and oxygen atoms in total. The lowest BCUT2D eigenvalue weighted by molar-refractivity contribution is 0.393. The summed E-state index contributed by atoms with van der Waals surface area (Å²) in [6.45, 7) is 0. The van der Waals surface area contributed by atoms with Gasteiger partial charge in [-0.1, -0.05) is 0 Å². The summed E-state index contributed by atoms with van der Waals surface area (Å²) in [4.78, 5) is 0. The number of benzene rings is 3. The highest BCUT2D eigenvalue weighted by Gasteiger charge is 2.26. The van der Waals surface area contributed by atoms with Crippen LogP contribution < -0.4 is 0 Å². The number of rotatable bonds is 0. The molecular weight excluding hydrogens is 314 g/mol. The molecule has 0 saturated carbocycles. The Bertz CT molecular complexity index is 968. The first-order valence-corrected chi connectivity index (χ1v) is 5.74. The fourth-order valence-electron chi connectivity index (χ4n) is 2.27. The van der Waals surface area contributed by atoms with E-state index < -0.39 is 67.9 Å². The third-order valence-corrected chi connectivity index (χ3v) is 3.29. The van der Waals surface area contributed by atoms with Crippen molar-refractivity contribution in [1.29, 1.82) is 0 Å². The second-order valence-electron chi connectivity index (χ2n) is 4.53. The Morgan fingerprint density at radius 1 is 0.591 bits per heavy atom. The van der Waals surface area contributed by atoms with E-state index in [0.717, 1.165) is 0 Å². The number of hydrogen-bond donors (Lipinski definition) is 2. The predicted octanol–water partition coefficient (Wildman–Crippen LogP) is 4.24. The standard InChI is InChI=1S/C14H4F6O2/c15-8-5(21)2-3-1-4-7(9(16)6(3)10(8)17)11(18)12(19)13(20)14(4)22/h1-2,21-22H. The van der Waals surface area contributed by atoms with Crippen molar-refractivity contribution in [1.82, 2.24) is 0 Å². The van der Waals surface area contributed by atoms with Crippen LogP contribution in [0.5, 0.6) is 11.5 Å². The summed E-state index contributed by atoms with van der Waals surface area (Å²) in [6, 6.07) is 1.31. The van der Waals surface area contributed by atoms with E-state index >= 15 is 0 Å². The molecule has 0 saturated heterocycles. The van der Waals surface area contributed by atoms with E-state index in [0.29, 0.717) is 12.1 Å². The van der Waals surface area contributed by atoms with Crippen molar-refractivity contribution in [3.8, 4) is 11.5 Å². The molecule has 2 N–H and O–H groups in total. The van der Waals surface area contributed by atoms with Crippen molar-refractivity contribution >= 4 is 21.5 Å². The molecule has 114 valence electrons. The smallest absolute Gasteiger partial charge is 0.204 e. The van der Waals surface area contributed by atoms with Gasteiger partial charge in [0.1, 0.15) is 5.82 Å². The summed E-state index contributed by atoms with van der Waals surface area (Å²) in [5.74, 6) is -14.0. The highest BCUT2D eigenvalue weighted by molar-refractivity contribution is 6.02. The second kappa shape index (κ2) is 4.43. The number of hydrogen-bond acceptors (Lipinski definition) is 2. The molecule has 0 aliphatic carbocycles. The van der Waals surface area contributed by atoms with E-state index in [9.17, 15) is 36.6 Å². The Morgan fingerprint density at radius 2 is 1.18 bits per heavy atom. The van der Waals surface area contributed by atoms with Crippen LogP contribution in [0.4, 0.5) is 26.3 Å². The van der Waals surface area contributed by atoms with Gasteiger partial charge in [-0.2, -0.15) is 8.78 Å². The first kappa shape index (κ1) is 14.3. The molecule has 0 spiro atoms. The molecular formula is C14H4F6O2. The van der Waals surface area contributed by atoms with Gasteiger partial charge in [-0.05, 0) is 17.5 Å². The predicted molar refractivity (Wildman–Crippen MR) is 64.5 cm³/mol. The first-order chi connectivity index (χ1) is 10.3. The Hall–Kier alpha value is -2.64. The van der Waals surface area contributed by atoms with Crippen molar-refractivity contribution in [3.05, 3.63) is 47.0 Å². The molecule has 0 aromatic heterocycles. The van der Waals surface area contributed by atoms with Gasteiger partial charge in [0.2, 0.25) is 11.6 Å². The lowest BCUT2D eigenvalue weighted by Crippen LogP contribution is -1.99. The summed E-state index contributed by atoms with van der Waals surface area (Å²) >= 11 is 0. The molecule has 3 aromatic carbocycles. The molecule has 0 amide bonds. The highest BCUT2D eigenvalue weighted by Crippen LogP contribution is 2.39. The molecule has 3 rings (SSSR count). The topological polar surface area (TPSA) is 40.5 Å². The summed E-state index contributed by atoms with van der Waals surface area (Å²) in [5, 5.41) is 15.1. The molecule has 0 bridgehead atoms. The molecule has 0 aliphatic heterocycles. The monoisotopic (exact) mass is 318 g/mol. The van der Waals surface area contributed by atoms with Crippen LogP contribution in [0.3, 0.4) is 0 Å². The van der Waals surface area contributed by atoms with Gasteiger partial charge >= 0.3 is 0 Å². The van der Waals surface area contributed by atoms with Gasteiger partial charge in [0, 0.05) is 5.39 Å². The van der Waals surface area contributed by atoms with Gasteiger partial charge in [-0.3, -0.25) is 0 Å². The SMILES string of the molecule is Oc1cc2cc3c(O)c(F)c(F)c(F)c3c(F)c2c(F)c1F. The Balaban J connectivity index is 2.68. The van der Waals surface area contributed by atoms with E-state index in [4.69, 9.17) is 0 Å². The normalized spacial score (nSPS) is 11.5. The van der Waals surface area contributed by atoms with E-state index in [1.54, 1.807) is 0 Å². The fourth-order valence-corrected chi connectivity index (χ4v) is 2.27. The van der Waals surface area contributed by atoms with Crippen LogP contribution >= 0.6 is 0 Å². The number of aromatic hydroxyl groups is 2. The number of phenols is 2. The van der Waals surface area contributed by atoms with Gasteiger partial charge in [-0.25, -0.2) is 17.6 Å². The fraction of sp³-hybridized carbons (Fsp3) is 0. The van der Waals surface area contributed by atoms with Crippen molar-refractivity contribution in [3.63, 3.8) is 0 Å². The second-order valence-corrected chi connectivity index (χ2v) is 4.53. The van der Waals surface area contributed by atoms with Crippen LogP contribution in [0.1, 0.15) is 0 Å². The maximum absolute atomic E-state index is 14.3. The maximum Gasteiger partial charge on any atom is 0.204 e. The van der Waals surface area contributed by atoms with E-state index in [1.165, 1.54) is 0 Å². The minimum absolute atomic E-state index is 0.470. The van der Waals surface area contributed by atoms with Crippen molar-refractivity contribution in [2.75, 3.05) is 0 Å². The van der Waals surface area contributed by atoms with Gasteiger partial charge in [0.05, 0.1) is 10.8 Å². The van der Waals surface area contributed by atoms with Crippen molar-refractivity contribution in [2.24, 2.45) is 0 Å². The molecule has 0 atom stereocenters. The molecule has 0 aliphatic rings. The van der Waals surface area contributed by atoms with Gasteiger partial charge in [0.15, 0.2) is 29.0 Å². The zero-order valence-electron chi connectivity index (χ0n) is 10.3. The van der Waals surface area contributed by atoms with Crippen LogP contribution in [0, 0.1) is 34.9 Å². The quantitative estimate of drug-likeness (QED) is 0.370. The van der Waals surface area contributed by atoms with Crippen molar-refractivity contribution < 1.29 is 36.6 Å². The van der Waals surface area contributed by atoms with E-state index in [2.05, 4.69) is 0 Å². The Labute approximate surface area is 117 Å². The first-order valence-electron chi connectivity index (χ1n) is 5.74. The minimum Gasteiger partial charge on any atom is -0.505 e. The Morgan fingerprint density at radius 3 is 1.82 bits per heavy atom. The van der Waals surface area contributed by atoms with Gasteiger partial charge < -0.3 is 10.2 Å². The molecule has 0 radical (unpaired) electrons. The molecule has 22 heavy (non-hydrogen) atoms. The lowest BCUT2D eigenvalue weighted by Gasteiger charge is -2.11. The van der Waals surface area contributed by atoms with Crippen LogP contribution in [0.25, 0.3) is 21.5 Å². The minimum atomic E-state index is -2.15. The number of halogens is 6. The van der Waals surface area contributed by atoms with Crippen LogP contribution in [0.15, 0.2) is 12.1 Å². The zero-order valence-corrected chi connectivity index (χ0v) is 10.3. The number of phenolic OH excluding ortho intramolecular Hbond substituents is 2. The molecule has 0 fully saturated rings. The van der Waals surface area contributed by atoms with Crippen molar-refractivity contribution in [2.45, 2.75) is 0 Å². The van der Waals surface area contributed by atoms with Crippen LogP contribution in [-0.4, -0.2) is 10.2 Å². The third-order valence-electron chi connectivity index (χ3n) is 3.29. The Kier molecular flexibility index (Phi) is 2.88. The maximum atomic E-state index is 14.3. The highest BCUT2D eigenvalue weighted by atomic mass is 19.2. The summed E-state index contributed by atoms with van der Waals surface area (Å²) in [6.07, 6.45) is 0. The summed E-state index contributed by atoms with van der Waals surface area (Å²) < 4.78 is 81.6. The summed E-state index contributed by atoms with van der Waals surface area (Å²) in [5.41, 5.74) is 0. The molecule has 0 heterocycles. The average molecular weight is 318 g/mol. The molecule has 0 unspecified atom stereocenters. The van der Waals surface area contributed by atoms with Crippen LogP contribution in [0.2, 0.25) is 0 Å². The van der Waals surface area contributed by atoms with E-state index in [1.807, 2.05) is 0 Å². The van der Waals surface area contributed by atoms with Gasteiger partial charge in [-0.15, -0.1) is 0 Å². The lowest BCUT2D eigenvalue weighted by atomic mass is 10.00. The zero-order chi connectivity index (χ0) is 16.3. The van der Waals surface area contributed by atoms with E-state index in [-0.39, 0.29) is 0 Å². The largest absolute Gasteiger partial charge is 0.505 e. The average Bonchev–Trinajstić information content (AvgIpc) is 2.48. The molecule has 8 heteroatoms. The van der Waals surface area contributed by atoms with Gasteiger partial charge in [0.25, 0.3) is 0 Å². The number of fused-ring (bicyclic) bond motifs is 2.